The van der Waals surface area contributed by atoms with E-state index in [1.54, 1.807) is 20.5 Å². The maximum atomic E-state index is 10.5. The summed E-state index contributed by atoms with van der Waals surface area (Å²) in [5.41, 5.74) is 1.10. The first kappa shape index (κ1) is 20.8. The van der Waals surface area contributed by atoms with E-state index in [0.717, 1.165) is 22.8 Å². The lowest BCUT2D eigenvalue weighted by Crippen LogP contribution is -2.35. The molecule has 0 spiro atoms. The van der Waals surface area contributed by atoms with Gasteiger partial charge in [-0.05, 0) is 54.1 Å². The summed E-state index contributed by atoms with van der Waals surface area (Å²) < 4.78 is 21.7. The van der Waals surface area contributed by atoms with Gasteiger partial charge in [0.2, 0.25) is 0 Å². The molecule has 0 unspecified atom stereocenters. The van der Waals surface area contributed by atoms with Gasteiger partial charge in [-0.2, -0.15) is 0 Å². The standard InChI is InChI=1S/C23H27NO5/c1-26-20-8-10-21(11-9-20)29-17-19(25)15-24(16-23-7-4-12-28-23)14-18-5-3-6-22(13-18)27-2/h3-13,19,25H,14-17H2,1-2H3/t19-/m1/s1. The van der Waals surface area contributed by atoms with Crippen LogP contribution in [0.25, 0.3) is 0 Å². The Bertz CT molecular complexity index is 848. The number of nitrogens with zero attached hydrogens (tertiary/aromatic N) is 1. The minimum absolute atomic E-state index is 0.194. The van der Waals surface area contributed by atoms with Crippen LogP contribution in [0.3, 0.4) is 0 Å². The van der Waals surface area contributed by atoms with Crippen molar-refractivity contribution >= 4 is 0 Å². The zero-order valence-corrected chi connectivity index (χ0v) is 16.8. The molecule has 6 heteroatoms. The fourth-order valence-corrected chi connectivity index (χ4v) is 3.05. The van der Waals surface area contributed by atoms with Gasteiger partial charge in [0.15, 0.2) is 0 Å². The van der Waals surface area contributed by atoms with E-state index < -0.39 is 6.10 Å². The average molecular weight is 397 g/mol. The van der Waals surface area contributed by atoms with Crippen LogP contribution in [0.5, 0.6) is 17.2 Å². The highest BCUT2D eigenvalue weighted by Gasteiger charge is 2.15. The minimum atomic E-state index is -0.655. The molecule has 3 rings (SSSR count). The molecule has 0 saturated heterocycles. The highest BCUT2D eigenvalue weighted by Crippen LogP contribution is 2.18. The Morgan fingerprint density at radius 3 is 2.34 bits per heavy atom. The van der Waals surface area contributed by atoms with Gasteiger partial charge in [0.05, 0.1) is 27.0 Å². The van der Waals surface area contributed by atoms with E-state index in [4.69, 9.17) is 18.6 Å². The Kier molecular flexibility index (Phi) is 7.55. The molecule has 2 aromatic carbocycles. The topological polar surface area (TPSA) is 64.3 Å². The van der Waals surface area contributed by atoms with Crippen molar-refractivity contribution in [2.75, 3.05) is 27.4 Å². The summed E-state index contributed by atoms with van der Waals surface area (Å²) in [6.07, 6.45) is 1.00. The van der Waals surface area contributed by atoms with Gasteiger partial charge in [0.25, 0.3) is 0 Å². The van der Waals surface area contributed by atoms with Crippen LogP contribution in [0.15, 0.2) is 71.3 Å². The van der Waals surface area contributed by atoms with Crippen LogP contribution in [0.4, 0.5) is 0 Å². The van der Waals surface area contributed by atoms with Crippen molar-refractivity contribution in [3.05, 3.63) is 78.3 Å². The Morgan fingerprint density at radius 2 is 1.66 bits per heavy atom. The third-order valence-electron chi connectivity index (χ3n) is 4.47. The molecule has 1 heterocycles. The third kappa shape index (κ3) is 6.55. The van der Waals surface area contributed by atoms with Gasteiger partial charge in [-0.15, -0.1) is 0 Å². The summed E-state index contributed by atoms with van der Waals surface area (Å²) in [6, 6.07) is 19.0. The maximum Gasteiger partial charge on any atom is 0.119 e. The largest absolute Gasteiger partial charge is 0.497 e. The summed E-state index contributed by atoms with van der Waals surface area (Å²) in [5, 5.41) is 10.5. The van der Waals surface area contributed by atoms with E-state index in [1.165, 1.54) is 0 Å². The Balaban J connectivity index is 1.60. The molecule has 0 amide bonds. The van der Waals surface area contributed by atoms with E-state index in [-0.39, 0.29) is 6.61 Å². The van der Waals surface area contributed by atoms with Crippen LogP contribution in [-0.2, 0) is 13.1 Å². The number of furan rings is 1. The molecule has 1 N–H and O–H groups in total. The van der Waals surface area contributed by atoms with Crippen LogP contribution in [0, 0.1) is 0 Å². The normalized spacial score (nSPS) is 12.0. The Hall–Kier alpha value is -2.96. The number of methoxy groups -OCH3 is 2. The number of hydrogen-bond acceptors (Lipinski definition) is 6. The van der Waals surface area contributed by atoms with Crippen LogP contribution < -0.4 is 14.2 Å². The van der Waals surface area contributed by atoms with E-state index >= 15 is 0 Å². The lowest BCUT2D eigenvalue weighted by molar-refractivity contribution is 0.0604. The van der Waals surface area contributed by atoms with Crippen LogP contribution in [0.1, 0.15) is 11.3 Å². The zero-order valence-electron chi connectivity index (χ0n) is 16.8. The fourth-order valence-electron chi connectivity index (χ4n) is 3.05. The quantitative estimate of drug-likeness (QED) is 0.532. The molecule has 6 nitrogen and oxygen atoms in total. The van der Waals surface area contributed by atoms with Gasteiger partial charge >= 0.3 is 0 Å². The maximum absolute atomic E-state index is 10.5. The first-order valence-electron chi connectivity index (χ1n) is 9.49. The van der Waals surface area contributed by atoms with Gasteiger partial charge in [0.1, 0.15) is 35.7 Å². The van der Waals surface area contributed by atoms with Crippen molar-refractivity contribution in [1.29, 1.82) is 0 Å². The van der Waals surface area contributed by atoms with Crippen molar-refractivity contribution in [3.8, 4) is 17.2 Å². The summed E-state index contributed by atoms with van der Waals surface area (Å²) in [7, 11) is 3.27. The highest BCUT2D eigenvalue weighted by molar-refractivity contribution is 5.31. The SMILES string of the molecule is COc1ccc(OC[C@H](O)CN(Cc2cccc(OC)c2)Cc2ccco2)cc1. The van der Waals surface area contributed by atoms with Gasteiger partial charge in [-0.25, -0.2) is 0 Å². The molecule has 0 aliphatic rings. The van der Waals surface area contributed by atoms with Gasteiger partial charge < -0.3 is 23.7 Å². The molecule has 1 aromatic heterocycles. The van der Waals surface area contributed by atoms with Crippen molar-refractivity contribution in [1.82, 2.24) is 4.90 Å². The molecule has 0 fully saturated rings. The molecular weight excluding hydrogens is 370 g/mol. The van der Waals surface area contributed by atoms with E-state index in [0.29, 0.717) is 25.4 Å². The summed E-state index contributed by atoms with van der Waals surface area (Å²) >= 11 is 0. The first-order valence-corrected chi connectivity index (χ1v) is 9.49. The lowest BCUT2D eigenvalue weighted by atomic mass is 10.2. The summed E-state index contributed by atoms with van der Waals surface area (Å²) in [5.74, 6) is 3.11. The third-order valence-corrected chi connectivity index (χ3v) is 4.47. The average Bonchev–Trinajstić information content (AvgIpc) is 3.25. The molecule has 0 radical (unpaired) electrons. The molecule has 0 aliphatic carbocycles. The van der Waals surface area contributed by atoms with Crippen LogP contribution in [-0.4, -0.2) is 43.5 Å². The molecule has 29 heavy (non-hydrogen) atoms. The summed E-state index contributed by atoms with van der Waals surface area (Å²) in [6.45, 7) is 1.87. The summed E-state index contributed by atoms with van der Waals surface area (Å²) in [4.78, 5) is 2.12. The molecular formula is C23H27NO5. The van der Waals surface area contributed by atoms with Crippen molar-refractivity contribution < 1.29 is 23.7 Å². The van der Waals surface area contributed by atoms with Crippen molar-refractivity contribution in [2.24, 2.45) is 0 Å². The zero-order chi connectivity index (χ0) is 20.5. The fraction of sp³-hybridized carbons (Fsp3) is 0.304. The van der Waals surface area contributed by atoms with Crippen LogP contribution >= 0.6 is 0 Å². The predicted molar refractivity (Wildman–Crippen MR) is 110 cm³/mol. The number of benzene rings is 2. The predicted octanol–water partition coefficient (Wildman–Crippen LogP) is 3.74. The number of aliphatic hydroxyl groups excluding tert-OH is 1. The molecule has 0 aliphatic heterocycles. The Labute approximate surface area is 171 Å². The Morgan fingerprint density at radius 1 is 0.897 bits per heavy atom. The van der Waals surface area contributed by atoms with Crippen LogP contribution in [0.2, 0.25) is 0 Å². The van der Waals surface area contributed by atoms with Gasteiger partial charge in [-0.1, -0.05) is 12.1 Å². The van der Waals surface area contributed by atoms with Gasteiger partial charge in [-0.3, -0.25) is 4.90 Å². The molecule has 154 valence electrons. The molecule has 0 saturated carbocycles. The number of rotatable bonds is 11. The molecule has 1 atom stereocenters. The molecule has 3 aromatic rings. The lowest BCUT2D eigenvalue weighted by Gasteiger charge is -2.24. The second kappa shape index (κ2) is 10.5. The van der Waals surface area contributed by atoms with Crippen molar-refractivity contribution in [2.45, 2.75) is 19.2 Å². The van der Waals surface area contributed by atoms with E-state index in [9.17, 15) is 5.11 Å². The van der Waals surface area contributed by atoms with E-state index in [1.807, 2.05) is 60.7 Å². The first-order chi connectivity index (χ1) is 14.2. The molecule has 0 bridgehead atoms. The van der Waals surface area contributed by atoms with Crippen molar-refractivity contribution in [3.63, 3.8) is 0 Å². The number of hydrogen-bond donors (Lipinski definition) is 1. The highest BCUT2D eigenvalue weighted by atomic mass is 16.5. The number of aliphatic hydroxyl groups is 1. The second-order valence-electron chi connectivity index (χ2n) is 6.74. The smallest absolute Gasteiger partial charge is 0.119 e. The number of ether oxygens (including phenoxy) is 3. The minimum Gasteiger partial charge on any atom is -0.497 e. The monoisotopic (exact) mass is 397 g/mol. The second-order valence-corrected chi connectivity index (χ2v) is 6.74. The van der Waals surface area contributed by atoms with E-state index in [2.05, 4.69) is 4.90 Å². The van der Waals surface area contributed by atoms with Gasteiger partial charge in [0, 0.05) is 13.1 Å².